The van der Waals surface area contributed by atoms with Gasteiger partial charge in [-0.2, -0.15) is 0 Å². The fraction of sp³-hybridized carbons (Fsp3) is 0.333. The minimum Gasteiger partial charge on any atom is -0.368 e. The summed E-state index contributed by atoms with van der Waals surface area (Å²) in [6.45, 7) is 7.61. The number of halogens is 1. The Morgan fingerprint density at radius 2 is 1.46 bits per heavy atom. The van der Waals surface area contributed by atoms with Gasteiger partial charge in [-0.3, -0.25) is 10.3 Å². The number of nitrogens with one attached hydrogen (secondary N) is 2. The van der Waals surface area contributed by atoms with Crippen LogP contribution in [0.4, 0.5) is 21.9 Å². The van der Waals surface area contributed by atoms with E-state index in [1.54, 1.807) is 0 Å². The molecule has 1 aliphatic rings. The van der Waals surface area contributed by atoms with Crippen LogP contribution in [0.15, 0.2) is 53.0 Å². The SMILES string of the molecule is CC(C)NC(=O)N(C=N)c1ccc(N2CCN(c3ccc(Br)cc3)CC2)cc1. The molecule has 1 heterocycles. The molecule has 1 aliphatic heterocycles. The molecule has 148 valence electrons. The van der Waals surface area contributed by atoms with Crippen LogP contribution in [-0.2, 0) is 0 Å². The average molecular weight is 444 g/mol. The summed E-state index contributed by atoms with van der Waals surface area (Å²) in [5.41, 5.74) is 3.06. The summed E-state index contributed by atoms with van der Waals surface area (Å²) in [5.74, 6) is 0. The molecular formula is C21H26BrN5O. The topological polar surface area (TPSA) is 62.7 Å². The summed E-state index contributed by atoms with van der Waals surface area (Å²) < 4.78 is 1.09. The van der Waals surface area contributed by atoms with Crippen LogP contribution >= 0.6 is 15.9 Å². The first-order valence-electron chi connectivity index (χ1n) is 9.44. The van der Waals surface area contributed by atoms with Crippen molar-refractivity contribution in [2.75, 3.05) is 40.9 Å². The highest BCUT2D eigenvalue weighted by Gasteiger charge is 2.19. The van der Waals surface area contributed by atoms with Gasteiger partial charge >= 0.3 is 6.03 Å². The molecule has 28 heavy (non-hydrogen) atoms. The maximum atomic E-state index is 12.2. The third kappa shape index (κ3) is 4.84. The molecule has 6 nitrogen and oxygen atoms in total. The van der Waals surface area contributed by atoms with E-state index in [0.29, 0.717) is 5.69 Å². The van der Waals surface area contributed by atoms with Gasteiger partial charge < -0.3 is 15.1 Å². The summed E-state index contributed by atoms with van der Waals surface area (Å²) in [4.78, 5) is 18.3. The van der Waals surface area contributed by atoms with Crippen LogP contribution in [0.1, 0.15) is 13.8 Å². The summed E-state index contributed by atoms with van der Waals surface area (Å²) in [6, 6.07) is 16.0. The van der Waals surface area contributed by atoms with Crippen molar-refractivity contribution in [1.29, 1.82) is 5.41 Å². The van der Waals surface area contributed by atoms with E-state index in [2.05, 4.69) is 55.3 Å². The second-order valence-electron chi connectivity index (χ2n) is 7.07. The van der Waals surface area contributed by atoms with Crippen LogP contribution < -0.4 is 20.0 Å². The van der Waals surface area contributed by atoms with Crippen LogP contribution in [0.5, 0.6) is 0 Å². The zero-order valence-electron chi connectivity index (χ0n) is 16.2. The third-order valence-electron chi connectivity index (χ3n) is 4.72. The normalized spacial score (nSPS) is 14.1. The Hall–Kier alpha value is -2.54. The molecule has 7 heteroatoms. The van der Waals surface area contributed by atoms with Crippen molar-refractivity contribution in [1.82, 2.24) is 5.32 Å². The zero-order valence-corrected chi connectivity index (χ0v) is 17.8. The highest BCUT2D eigenvalue weighted by molar-refractivity contribution is 9.10. The predicted molar refractivity (Wildman–Crippen MR) is 120 cm³/mol. The summed E-state index contributed by atoms with van der Waals surface area (Å²) in [6.07, 6.45) is 1.05. The Kier molecular flexibility index (Phi) is 6.57. The average Bonchev–Trinajstić information content (AvgIpc) is 2.69. The van der Waals surface area contributed by atoms with Crippen molar-refractivity contribution in [3.8, 4) is 0 Å². The molecule has 0 saturated carbocycles. The van der Waals surface area contributed by atoms with Crippen molar-refractivity contribution >= 4 is 45.4 Å². The molecule has 2 aromatic carbocycles. The van der Waals surface area contributed by atoms with Crippen LogP contribution in [0.3, 0.4) is 0 Å². The van der Waals surface area contributed by atoms with E-state index in [-0.39, 0.29) is 12.1 Å². The molecule has 3 rings (SSSR count). The van der Waals surface area contributed by atoms with Gasteiger partial charge in [-0.05, 0) is 62.4 Å². The largest absolute Gasteiger partial charge is 0.368 e. The van der Waals surface area contributed by atoms with Gasteiger partial charge in [0.2, 0.25) is 0 Å². The standard InChI is InChI=1S/C21H26BrN5O/c1-16(2)24-21(28)27(15-23)20-9-7-19(8-10-20)26-13-11-25(12-14-26)18-5-3-17(22)4-6-18/h3-10,15-16,23H,11-14H2,1-2H3,(H,24,28). The van der Waals surface area contributed by atoms with E-state index in [4.69, 9.17) is 5.41 Å². The lowest BCUT2D eigenvalue weighted by molar-refractivity contribution is 0.247. The van der Waals surface area contributed by atoms with Crippen LogP contribution in [0, 0.1) is 5.41 Å². The molecule has 0 aliphatic carbocycles. The third-order valence-corrected chi connectivity index (χ3v) is 5.25. The minimum atomic E-state index is -0.291. The summed E-state index contributed by atoms with van der Waals surface area (Å²) in [5, 5.41) is 10.4. The predicted octanol–water partition coefficient (Wildman–Crippen LogP) is 4.31. The van der Waals surface area contributed by atoms with Crippen LogP contribution in [-0.4, -0.2) is 44.6 Å². The van der Waals surface area contributed by atoms with E-state index in [1.165, 1.54) is 10.6 Å². The zero-order chi connectivity index (χ0) is 20.1. The van der Waals surface area contributed by atoms with Crippen LogP contribution in [0.25, 0.3) is 0 Å². The highest BCUT2D eigenvalue weighted by atomic mass is 79.9. The molecular weight excluding hydrogens is 418 g/mol. The second kappa shape index (κ2) is 9.10. The number of anilines is 3. The number of nitrogens with zero attached hydrogens (tertiary/aromatic N) is 3. The van der Waals surface area contributed by atoms with Crippen molar-refractivity contribution < 1.29 is 4.79 Å². The number of piperazine rings is 1. The molecule has 2 aromatic rings. The first kappa shape index (κ1) is 20.2. The van der Waals surface area contributed by atoms with Crippen molar-refractivity contribution in [2.45, 2.75) is 19.9 Å². The number of amides is 2. The van der Waals surface area contributed by atoms with Crippen molar-refractivity contribution in [2.24, 2.45) is 0 Å². The second-order valence-corrected chi connectivity index (χ2v) is 7.99. The summed E-state index contributed by atoms with van der Waals surface area (Å²) >= 11 is 3.48. The molecule has 0 spiro atoms. The Balaban J connectivity index is 1.62. The number of rotatable bonds is 5. The van der Waals surface area contributed by atoms with Crippen molar-refractivity contribution in [3.05, 3.63) is 53.0 Å². The smallest absolute Gasteiger partial charge is 0.327 e. The van der Waals surface area contributed by atoms with E-state index in [1.807, 2.05) is 38.1 Å². The first-order chi connectivity index (χ1) is 13.5. The molecule has 2 amide bonds. The van der Waals surface area contributed by atoms with Gasteiger partial charge in [0, 0.05) is 48.1 Å². The maximum Gasteiger partial charge on any atom is 0.327 e. The highest BCUT2D eigenvalue weighted by Crippen LogP contribution is 2.24. The maximum absolute atomic E-state index is 12.2. The Morgan fingerprint density at radius 3 is 1.89 bits per heavy atom. The van der Waals surface area contributed by atoms with Gasteiger partial charge in [-0.25, -0.2) is 4.79 Å². The quantitative estimate of drug-likeness (QED) is 0.534. The molecule has 0 atom stereocenters. The number of hydrogen-bond donors (Lipinski definition) is 2. The lowest BCUT2D eigenvalue weighted by Crippen LogP contribution is -2.46. The van der Waals surface area contributed by atoms with E-state index < -0.39 is 0 Å². The Bertz CT molecular complexity index is 799. The lowest BCUT2D eigenvalue weighted by atomic mass is 10.2. The monoisotopic (exact) mass is 443 g/mol. The number of hydrogen-bond acceptors (Lipinski definition) is 4. The van der Waals surface area contributed by atoms with E-state index >= 15 is 0 Å². The molecule has 0 aromatic heterocycles. The van der Waals surface area contributed by atoms with Gasteiger partial charge in [-0.1, -0.05) is 15.9 Å². The van der Waals surface area contributed by atoms with Gasteiger partial charge in [0.15, 0.2) is 0 Å². The van der Waals surface area contributed by atoms with Gasteiger partial charge in [0.1, 0.15) is 0 Å². The van der Waals surface area contributed by atoms with Gasteiger partial charge in [0.05, 0.1) is 12.0 Å². The first-order valence-corrected chi connectivity index (χ1v) is 10.2. The Labute approximate surface area is 174 Å². The number of benzene rings is 2. The fourth-order valence-electron chi connectivity index (χ4n) is 3.27. The number of carbonyl (C=O) groups excluding carboxylic acids is 1. The van der Waals surface area contributed by atoms with Crippen molar-refractivity contribution in [3.63, 3.8) is 0 Å². The van der Waals surface area contributed by atoms with E-state index in [0.717, 1.165) is 42.7 Å². The molecule has 2 N–H and O–H groups in total. The molecule has 1 fully saturated rings. The van der Waals surface area contributed by atoms with Gasteiger partial charge in [0.25, 0.3) is 0 Å². The Morgan fingerprint density at radius 1 is 1.00 bits per heavy atom. The fourth-order valence-corrected chi connectivity index (χ4v) is 3.53. The number of urea groups is 1. The molecule has 0 radical (unpaired) electrons. The lowest BCUT2D eigenvalue weighted by Gasteiger charge is -2.37. The van der Waals surface area contributed by atoms with E-state index in [9.17, 15) is 4.79 Å². The summed E-state index contributed by atoms with van der Waals surface area (Å²) in [7, 11) is 0. The molecule has 0 bridgehead atoms. The minimum absolute atomic E-state index is 0.0243. The van der Waals surface area contributed by atoms with Gasteiger partial charge in [-0.15, -0.1) is 0 Å². The molecule has 0 unspecified atom stereocenters. The molecule has 1 saturated heterocycles. The number of carbonyl (C=O) groups is 1. The van der Waals surface area contributed by atoms with Crippen LogP contribution in [0.2, 0.25) is 0 Å².